The summed E-state index contributed by atoms with van der Waals surface area (Å²) in [6.07, 6.45) is -1.29. The molecule has 1 heterocycles. The van der Waals surface area contributed by atoms with E-state index in [9.17, 15) is 13.6 Å². The maximum absolute atomic E-state index is 13.6. The molecule has 1 aromatic rings. The Bertz CT molecular complexity index is 476. The van der Waals surface area contributed by atoms with Crippen LogP contribution in [0.2, 0.25) is 0 Å². The van der Waals surface area contributed by atoms with Crippen molar-refractivity contribution in [2.75, 3.05) is 11.9 Å². The predicted octanol–water partition coefficient (Wildman–Crippen LogP) is 1.88. The Morgan fingerprint density at radius 3 is 2.89 bits per heavy atom. The molecule has 0 bridgehead atoms. The lowest BCUT2D eigenvalue weighted by Gasteiger charge is -2.25. The van der Waals surface area contributed by atoms with Crippen LogP contribution in [0.3, 0.4) is 0 Å². The highest BCUT2D eigenvalue weighted by atomic mass is 19.3. The second kappa shape index (κ2) is 4.53. The predicted molar refractivity (Wildman–Crippen MR) is 60.8 cm³/mol. The van der Waals surface area contributed by atoms with Gasteiger partial charge in [-0.1, -0.05) is 0 Å². The number of halogens is 2. The van der Waals surface area contributed by atoms with Crippen molar-refractivity contribution < 1.29 is 23.4 Å². The molecule has 1 aliphatic heterocycles. The van der Waals surface area contributed by atoms with Crippen LogP contribution in [-0.4, -0.2) is 23.7 Å². The van der Waals surface area contributed by atoms with Crippen LogP contribution in [0.25, 0.3) is 0 Å². The van der Waals surface area contributed by atoms with Crippen molar-refractivity contribution in [1.82, 2.24) is 0 Å². The fraction of sp³-hybridized carbons (Fsp3) is 0.417. The molecular weight excluding hydrogens is 244 g/mol. The molecule has 0 fully saturated rings. The van der Waals surface area contributed by atoms with E-state index in [1.165, 1.54) is 18.2 Å². The number of anilines is 1. The quantitative estimate of drug-likeness (QED) is 0.869. The molecule has 1 amide bonds. The molecule has 1 unspecified atom stereocenters. The second-order valence-corrected chi connectivity index (χ2v) is 4.14. The zero-order chi connectivity index (χ0) is 13.3. The van der Waals surface area contributed by atoms with Gasteiger partial charge in [-0.3, -0.25) is 4.79 Å². The number of aliphatic hydroxyl groups excluding tert-OH is 1. The van der Waals surface area contributed by atoms with E-state index in [2.05, 4.69) is 5.32 Å². The number of alkyl halides is 2. The molecule has 2 N–H and O–H groups in total. The second-order valence-electron chi connectivity index (χ2n) is 4.14. The topological polar surface area (TPSA) is 58.6 Å². The minimum absolute atomic E-state index is 0.230. The average Bonchev–Trinajstić information content (AvgIpc) is 2.30. The number of hydrogen-bond acceptors (Lipinski definition) is 3. The van der Waals surface area contributed by atoms with Gasteiger partial charge in [0.15, 0.2) is 6.10 Å². The molecule has 4 nitrogen and oxygen atoms in total. The first kappa shape index (κ1) is 12.8. The maximum atomic E-state index is 13.6. The van der Waals surface area contributed by atoms with E-state index in [1.54, 1.807) is 6.92 Å². The number of benzene rings is 1. The fourth-order valence-electron chi connectivity index (χ4n) is 1.72. The number of hydrogen-bond donors (Lipinski definition) is 2. The Labute approximate surface area is 103 Å². The summed E-state index contributed by atoms with van der Waals surface area (Å²) in [4.78, 5) is 11.4. The molecule has 1 aliphatic rings. The van der Waals surface area contributed by atoms with Gasteiger partial charge in [0.1, 0.15) is 5.75 Å². The summed E-state index contributed by atoms with van der Waals surface area (Å²) in [5.74, 6) is -3.13. The van der Waals surface area contributed by atoms with E-state index in [4.69, 9.17) is 9.84 Å². The Hall–Kier alpha value is -1.69. The number of nitrogens with one attached hydrogen (secondary N) is 1. The average molecular weight is 257 g/mol. The van der Waals surface area contributed by atoms with Crippen LogP contribution in [0, 0.1) is 0 Å². The van der Waals surface area contributed by atoms with E-state index in [-0.39, 0.29) is 17.2 Å². The number of carbonyl (C=O) groups is 1. The number of fused-ring (bicyclic) bond motifs is 1. The van der Waals surface area contributed by atoms with Crippen molar-refractivity contribution in [2.24, 2.45) is 0 Å². The molecule has 1 atom stereocenters. The van der Waals surface area contributed by atoms with Crippen LogP contribution in [0.4, 0.5) is 14.5 Å². The van der Waals surface area contributed by atoms with E-state index < -0.39 is 25.1 Å². The molecule has 0 saturated carbocycles. The third-order valence-corrected chi connectivity index (χ3v) is 2.76. The normalized spacial score (nSPS) is 18.9. The van der Waals surface area contributed by atoms with Gasteiger partial charge in [0, 0.05) is 18.6 Å². The summed E-state index contributed by atoms with van der Waals surface area (Å²) in [6, 6.07) is 3.80. The van der Waals surface area contributed by atoms with Gasteiger partial charge in [0.05, 0.1) is 5.69 Å². The molecule has 0 spiro atoms. The van der Waals surface area contributed by atoms with Gasteiger partial charge >= 0.3 is 0 Å². The zero-order valence-corrected chi connectivity index (χ0v) is 9.74. The lowest BCUT2D eigenvalue weighted by atomic mass is 10.0. The number of aliphatic hydroxyl groups is 1. The van der Waals surface area contributed by atoms with Crippen molar-refractivity contribution >= 4 is 11.6 Å². The molecular formula is C12H13F2NO3. The van der Waals surface area contributed by atoms with Crippen molar-refractivity contribution in [1.29, 1.82) is 0 Å². The lowest BCUT2D eigenvalue weighted by Crippen LogP contribution is -2.34. The summed E-state index contributed by atoms with van der Waals surface area (Å²) in [7, 11) is 0. The Kier molecular flexibility index (Phi) is 3.21. The maximum Gasteiger partial charge on any atom is 0.275 e. The lowest BCUT2D eigenvalue weighted by molar-refractivity contribution is -0.122. The molecule has 1 aromatic carbocycles. The molecule has 6 heteroatoms. The van der Waals surface area contributed by atoms with Gasteiger partial charge in [-0.2, -0.15) is 0 Å². The van der Waals surface area contributed by atoms with Crippen LogP contribution < -0.4 is 10.1 Å². The third-order valence-electron chi connectivity index (χ3n) is 2.76. The number of amides is 1. The van der Waals surface area contributed by atoms with Crippen molar-refractivity contribution in [3.05, 3.63) is 23.8 Å². The highest BCUT2D eigenvalue weighted by Crippen LogP contribution is 2.37. The number of rotatable bonds is 3. The summed E-state index contributed by atoms with van der Waals surface area (Å²) in [6.45, 7) is 0.969. The molecule has 0 saturated heterocycles. The first-order valence-corrected chi connectivity index (χ1v) is 5.55. The van der Waals surface area contributed by atoms with Gasteiger partial charge < -0.3 is 15.2 Å². The molecule has 0 aromatic heterocycles. The number of carbonyl (C=O) groups excluding carboxylic acids is 1. The minimum Gasteiger partial charge on any atom is -0.479 e. The summed E-state index contributed by atoms with van der Waals surface area (Å²) in [5, 5.41) is 11.1. The van der Waals surface area contributed by atoms with Gasteiger partial charge in [-0.05, 0) is 25.1 Å². The highest BCUT2D eigenvalue weighted by molar-refractivity contribution is 5.97. The van der Waals surface area contributed by atoms with Crippen LogP contribution in [0.5, 0.6) is 5.75 Å². The molecule has 0 aliphatic carbocycles. The Morgan fingerprint density at radius 1 is 1.50 bits per heavy atom. The van der Waals surface area contributed by atoms with Gasteiger partial charge in [-0.25, -0.2) is 8.78 Å². The van der Waals surface area contributed by atoms with Crippen LogP contribution in [-0.2, 0) is 10.7 Å². The third kappa shape index (κ3) is 2.28. The summed E-state index contributed by atoms with van der Waals surface area (Å²) < 4.78 is 32.4. The molecule has 18 heavy (non-hydrogen) atoms. The van der Waals surface area contributed by atoms with E-state index in [0.717, 1.165) is 0 Å². The van der Waals surface area contributed by atoms with Gasteiger partial charge in [0.25, 0.3) is 11.8 Å². The summed E-state index contributed by atoms with van der Waals surface area (Å²) >= 11 is 0. The standard InChI is InChI=1S/C12H13F2NO3/c1-7-11(17)15-9-6-8(2-3-10(9)18-7)12(13,14)4-5-16/h2-3,6-7,16H,4-5H2,1H3,(H,15,17). The Morgan fingerprint density at radius 2 is 2.22 bits per heavy atom. The highest BCUT2D eigenvalue weighted by Gasteiger charge is 2.33. The van der Waals surface area contributed by atoms with E-state index in [0.29, 0.717) is 5.75 Å². The molecule has 98 valence electrons. The van der Waals surface area contributed by atoms with Crippen molar-refractivity contribution in [2.45, 2.75) is 25.4 Å². The molecule has 2 rings (SSSR count). The van der Waals surface area contributed by atoms with Crippen LogP contribution in [0.1, 0.15) is 18.9 Å². The smallest absolute Gasteiger partial charge is 0.275 e. The van der Waals surface area contributed by atoms with Crippen molar-refractivity contribution in [3.8, 4) is 5.75 Å². The first-order valence-electron chi connectivity index (χ1n) is 5.55. The van der Waals surface area contributed by atoms with E-state index in [1.807, 2.05) is 0 Å². The van der Waals surface area contributed by atoms with Crippen LogP contribution in [0.15, 0.2) is 18.2 Å². The van der Waals surface area contributed by atoms with Gasteiger partial charge in [-0.15, -0.1) is 0 Å². The van der Waals surface area contributed by atoms with Gasteiger partial charge in [0.2, 0.25) is 0 Å². The zero-order valence-electron chi connectivity index (χ0n) is 9.74. The largest absolute Gasteiger partial charge is 0.479 e. The van der Waals surface area contributed by atoms with E-state index >= 15 is 0 Å². The number of ether oxygens (including phenoxy) is 1. The first-order chi connectivity index (χ1) is 8.44. The summed E-state index contributed by atoms with van der Waals surface area (Å²) in [5.41, 5.74) is -0.0260. The minimum atomic E-state index is -3.13. The molecule has 0 radical (unpaired) electrons. The monoisotopic (exact) mass is 257 g/mol. The van der Waals surface area contributed by atoms with Crippen LogP contribution >= 0.6 is 0 Å². The fourth-order valence-corrected chi connectivity index (χ4v) is 1.72. The van der Waals surface area contributed by atoms with Crippen molar-refractivity contribution in [3.63, 3.8) is 0 Å². The Balaban J connectivity index is 2.33. The SMILES string of the molecule is CC1Oc2ccc(C(F)(F)CCO)cc2NC1=O.